The summed E-state index contributed by atoms with van der Waals surface area (Å²) in [5.74, 6) is 0.414. The van der Waals surface area contributed by atoms with Crippen LogP contribution in [0.2, 0.25) is 5.02 Å². The number of nitrogens with zero attached hydrogens (tertiary/aromatic N) is 2. The summed E-state index contributed by atoms with van der Waals surface area (Å²) in [7, 11) is 0. The van der Waals surface area contributed by atoms with Gasteiger partial charge in [0.05, 0.1) is 11.4 Å². The number of nitrogens with one attached hydrogen (secondary N) is 1. The molecule has 30 heavy (non-hydrogen) atoms. The number of halogens is 1. The standard InChI is InChI=1S/C25H26ClN3O/c26-21-9-6-19(7-10-21)25-23(16-27-22-12-14-30-15-13-22)29-17-20(8-11-24(29)28-25)18-4-2-1-3-5-18/h1-4,6-11,17-18,22,27H,5,12-16H2. The van der Waals surface area contributed by atoms with Crippen LogP contribution < -0.4 is 5.32 Å². The zero-order valence-corrected chi connectivity index (χ0v) is 17.7. The van der Waals surface area contributed by atoms with Crippen LogP contribution in [0.25, 0.3) is 16.9 Å². The number of allylic oxidation sites excluding steroid dienone is 4. The average Bonchev–Trinajstić information content (AvgIpc) is 3.17. The van der Waals surface area contributed by atoms with Crippen LogP contribution in [0.5, 0.6) is 0 Å². The SMILES string of the molecule is Clc1ccc(-c2nc3ccc(C4C=CC=CC4)cn3c2CNC2CCOCC2)cc1. The fraction of sp³-hybridized carbons (Fsp3) is 0.320. The summed E-state index contributed by atoms with van der Waals surface area (Å²) >= 11 is 6.13. The van der Waals surface area contributed by atoms with Gasteiger partial charge < -0.3 is 14.5 Å². The Morgan fingerprint density at radius 2 is 1.90 bits per heavy atom. The van der Waals surface area contributed by atoms with E-state index in [0.29, 0.717) is 12.0 Å². The van der Waals surface area contributed by atoms with Crippen LogP contribution in [-0.4, -0.2) is 28.6 Å². The third-order valence-corrected chi connectivity index (χ3v) is 6.30. The molecule has 1 aliphatic carbocycles. The summed E-state index contributed by atoms with van der Waals surface area (Å²) < 4.78 is 7.77. The summed E-state index contributed by atoms with van der Waals surface area (Å²) in [5.41, 5.74) is 5.59. The molecule has 1 saturated heterocycles. The molecule has 2 aliphatic rings. The first-order valence-corrected chi connectivity index (χ1v) is 11.1. The number of hydrogen-bond acceptors (Lipinski definition) is 3. The van der Waals surface area contributed by atoms with Crippen molar-refractivity contribution in [2.45, 2.75) is 37.8 Å². The van der Waals surface area contributed by atoms with Crippen LogP contribution in [0.15, 0.2) is 66.9 Å². The number of ether oxygens (including phenoxy) is 1. The molecule has 0 radical (unpaired) electrons. The Bertz CT molecular complexity index is 1080. The van der Waals surface area contributed by atoms with Gasteiger partial charge in [-0.2, -0.15) is 0 Å². The molecule has 1 aliphatic heterocycles. The molecule has 3 aromatic rings. The Hall–Kier alpha value is -2.40. The minimum absolute atomic E-state index is 0.414. The second kappa shape index (κ2) is 8.76. The third-order valence-electron chi connectivity index (χ3n) is 6.05. The molecule has 1 unspecified atom stereocenters. The summed E-state index contributed by atoms with van der Waals surface area (Å²) in [6, 6.07) is 12.8. The quantitative estimate of drug-likeness (QED) is 0.591. The van der Waals surface area contributed by atoms with E-state index in [-0.39, 0.29) is 0 Å². The third kappa shape index (κ3) is 4.08. The van der Waals surface area contributed by atoms with E-state index in [1.54, 1.807) is 0 Å². The number of aromatic nitrogens is 2. The van der Waals surface area contributed by atoms with Gasteiger partial charge in [0.2, 0.25) is 0 Å². The van der Waals surface area contributed by atoms with Crippen molar-refractivity contribution in [2.24, 2.45) is 0 Å². The van der Waals surface area contributed by atoms with Gasteiger partial charge in [-0.05, 0) is 43.0 Å². The molecule has 1 N–H and O–H groups in total. The Kier molecular flexibility index (Phi) is 5.71. The van der Waals surface area contributed by atoms with E-state index in [9.17, 15) is 0 Å². The van der Waals surface area contributed by atoms with Gasteiger partial charge in [0.25, 0.3) is 0 Å². The Labute approximate surface area is 182 Å². The van der Waals surface area contributed by atoms with E-state index >= 15 is 0 Å². The highest BCUT2D eigenvalue weighted by molar-refractivity contribution is 6.30. The number of hydrogen-bond donors (Lipinski definition) is 1. The fourth-order valence-corrected chi connectivity index (χ4v) is 4.43. The van der Waals surface area contributed by atoms with Crippen molar-refractivity contribution in [3.05, 3.63) is 83.2 Å². The molecule has 4 nitrogen and oxygen atoms in total. The first-order chi connectivity index (χ1) is 14.8. The lowest BCUT2D eigenvalue weighted by atomic mass is 9.94. The van der Waals surface area contributed by atoms with E-state index in [4.69, 9.17) is 21.3 Å². The van der Waals surface area contributed by atoms with Crippen LogP contribution in [0.3, 0.4) is 0 Å². The molecule has 5 rings (SSSR count). The molecule has 3 heterocycles. The number of pyridine rings is 1. The molecule has 154 valence electrons. The predicted octanol–water partition coefficient (Wildman–Crippen LogP) is 5.52. The second-order valence-corrected chi connectivity index (χ2v) is 8.46. The minimum Gasteiger partial charge on any atom is -0.381 e. The van der Waals surface area contributed by atoms with E-state index in [1.807, 2.05) is 12.1 Å². The highest BCUT2D eigenvalue weighted by Crippen LogP contribution is 2.29. The van der Waals surface area contributed by atoms with E-state index in [0.717, 1.165) is 60.9 Å². The maximum absolute atomic E-state index is 6.13. The van der Waals surface area contributed by atoms with E-state index < -0.39 is 0 Å². The lowest BCUT2D eigenvalue weighted by Crippen LogP contribution is -2.34. The van der Waals surface area contributed by atoms with Crippen molar-refractivity contribution >= 4 is 17.2 Å². The van der Waals surface area contributed by atoms with Crippen molar-refractivity contribution < 1.29 is 4.74 Å². The first-order valence-electron chi connectivity index (χ1n) is 10.7. The topological polar surface area (TPSA) is 38.6 Å². The predicted molar refractivity (Wildman–Crippen MR) is 122 cm³/mol. The number of benzene rings is 1. The van der Waals surface area contributed by atoms with Crippen LogP contribution in [0.4, 0.5) is 0 Å². The number of imidazole rings is 1. The fourth-order valence-electron chi connectivity index (χ4n) is 4.31. The lowest BCUT2D eigenvalue weighted by molar-refractivity contribution is 0.0775. The highest BCUT2D eigenvalue weighted by Gasteiger charge is 2.19. The zero-order valence-electron chi connectivity index (χ0n) is 16.9. The molecule has 5 heteroatoms. The first kappa shape index (κ1) is 19.6. The van der Waals surface area contributed by atoms with E-state index in [2.05, 4.69) is 64.5 Å². The number of rotatable bonds is 5. The summed E-state index contributed by atoms with van der Waals surface area (Å²) in [5, 5.41) is 4.48. The van der Waals surface area contributed by atoms with E-state index in [1.165, 1.54) is 11.3 Å². The maximum atomic E-state index is 6.13. The molecule has 1 fully saturated rings. The molecular weight excluding hydrogens is 394 g/mol. The van der Waals surface area contributed by atoms with Gasteiger partial charge in [0.1, 0.15) is 5.65 Å². The summed E-state index contributed by atoms with van der Waals surface area (Å²) in [6.45, 7) is 2.44. The van der Waals surface area contributed by atoms with Crippen LogP contribution in [-0.2, 0) is 11.3 Å². The monoisotopic (exact) mass is 419 g/mol. The maximum Gasteiger partial charge on any atom is 0.137 e. The van der Waals surface area contributed by atoms with Gasteiger partial charge in [-0.3, -0.25) is 0 Å². The molecule has 0 spiro atoms. The van der Waals surface area contributed by atoms with Gasteiger partial charge in [0.15, 0.2) is 0 Å². The average molecular weight is 420 g/mol. The molecule has 0 saturated carbocycles. The normalized spacial score (nSPS) is 19.6. The Morgan fingerprint density at radius 1 is 1.07 bits per heavy atom. The van der Waals surface area contributed by atoms with Crippen molar-refractivity contribution in [1.82, 2.24) is 14.7 Å². The van der Waals surface area contributed by atoms with Crippen molar-refractivity contribution in [1.29, 1.82) is 0 Å². The van der Waals surface area contributed by atoms with Crippen LogP contribution in [0.1, 0.15) is 36.4 Å². The molecule has 0 bridgehead atoms. The second-order valence-electron chi connectivity index (χ2n) is 8.03. The largest absolute Gasteiger partial charge is 0.381 e. The Morgan fingerprint density at radius 3 is 2.67 bits per heavy atom. The van der Waals surface area contributed by atoms with Crippen LogP contribution in [0, 0.1) is 0 Å². The minimum atomic E-state index is 0.414. The van der Waals surface area contributed by atoms with Gasteiger partial charge >= 0.3 is 0 Å². The van der Waals surface area contributed by atoms with Crippen LogP contribution >= 0.6 is 11.6 Å². The van der Waals surface area contributed by atoms with Gasteiger partial charge in [-0.15, -0.1) is 0 Å². The molecule has 2 aromatic heterocycles. The summed E-state index contributed by atoms with van der Waals surface area (Å²) in [6.07, 6.45) is 14.2. The summed E-state index contributed by atoms with van der Waals surface area (Å²) in [4.78, 5) is 4.99. The van der Waals surface area contributed by atoms with Gasteiger partial charge in [-0.25, -0.2) is 4.98 Å². The zero-order chi connectivity index (χ0) is 20.3. The molecule has 0 amide bonds. The molecule has 1 atom stereocenters. The number of fused-ring (bicyclic) bond motifs is 1. The van der Waals surface area contributed by atoms with Crippen molar-refractivity contribution in [3.8, 4) is 11.3 Å². The van der Waals surface area contributed by atoms with Gasteiger partial charge in [-0.1, -0.05) is 54.1 Å². The van der Waals surface area contributed by atoms with Crippen molar-refractivity contribution in [2.75, 3.05) is 13.2 Å². The highest BCUT2D eigenvalue weighted by atomic mass is 35.5. The molecular formula is C25H26ClN3O. The Balaban J connectivity index is 1.53. The lowest BCUT2D eigenvalue weighted by Gasteiger charge is -2.23. The van der Waals surface area contributed by atoms with Crippen molar-refractivity contribution in [3.63, 3.8) is 0 Å². The molecule has 1 aromatic carbocycles. The smallest absolute Gasteiger partial charge is 0.137 e. The van der Waals surface area contributed by atoms with Gasteiger partial charge in [0, 0.05) is 48.5 Å².